The van der Waals surface area contributed by atoms with E-state index in [9.17, 15) is 8.42 Å². The van der Waals surface area contributed by atoms with Crippen molar-refractivity contribution in [1.82, 2.24) is 14.7 Å². The highest BCUT2D eigenvalue weighted by molar-refractivity contribution is 7.89. The minimum atomic E-state index is -3.55. The Bertz CT molecular complexity index is 756. The summed E-state index contributed by atoms with van der Waals surface area (Å²) in [6.45, 7) is 4.39. The van der Waals surface area contributed by atoms with Crippen molar-refractivity contribution in [2.75, 3.05) is 19.0 Å². The SMILES string of the molecule is CCC(C)c1ccc(S(=O)(=O)NCc2cnc(N(C)C)nc2)cc1. The van der Waals surface area contributed by atoms with E-state index in [1.54, 1.807) is 29.4 Å². The molecule has 1 atom stereocenters. The first-order chi connectivity index (χ1) is 11.3. The van der Waals surface area contributed by atoms with Gasteiger partial charge in [-0.25, -0.2) is 23.1 Å². The summed E-state index contributed by atoms with van der Waals surface area (Å²) in [6.07, 6.45) is 4.26. The van der Waals surface area contributed by atoms with E-state index in [0.29, 0.717) is 17.4 Å². The molecule has 0 fully saturated rings. The van der Waals surface area contributed by atoms with Gasteiger partial charge in [-0.15, -0.1) is 0 Å². The lowest BCUT2D eigenvalue weighted by Crippen LogP contribution is -2.23. The normalized spacial score (nSPS) is 12.8. The standard InChI is InChI=1S/C17H24N4O2S/c1-5-13(2)15-6-8-16(9-7-15)24(22,23)20-12-14-10-18-17(19-11-14)21(3)4/h6-11,13,20H,5,12H2,1-4H3. The van der Waals surface area contributed by atoms with Gasteiger partial charge in [-0.05, 0) is 30.0 Å². The van der Waals surface area contributed by atoms with Crippen LogP contribution in [0.15, 0.2) is 41.6 Å². The summed E-state index contributed by atoms with van der Waals surface area (Å²) in [4.78, 5) is 10.4. The van der Waals surface area contributed by atoms with Crippen molar-refractivity contribution in [2.24, 2.45) is 0 Å². The molecule has 1 heterocycles. The second kappa shape index (κ2) is 7.72. The van der Waals surface area contributed by atoms with Crippen LogP contribution in [-0.4, -0.2) is 32.5 Å². The van der Waals surface area contributed by atoms with Gasteiger partial charge in [0, 0.05) is 38.6 Å². The maximum atomic E-state index is 12.4. The van der Waals surface area contributed by atoms with E-state index >= 15 is 0 Å². The Hall–Kier alpha value is -1.99. The summed E-state index contributed by atoms with van der Waals surface area (Å²) in [5.41, 5.74) is 1.85. The molecule has 2 rings (SSSR count). The van der Waals surface area contributed by atoms with Gasteiger partial charge < -0.3 is 4.90 Å². The number of anilines is 1. The Kier molecular flexibility index (Phi) is 5.90. The fourth-order valence-electron chi connectivity index (χ4n) is 2.14. The van der Waals surface area contributed by atoms with Crippen LogP contribution in [0, 0.1) is 0 Å². The van der Waals surface area contributed by atoms with Crippen LogP contribution in [-0.2, 0) is 16.6 Å². The van der Waals surface area contributed by atoms with Gasteiger partial charge in [-0.1, -0.05) is 26.0 Å². The van der Waals surface area contributed by atoms with Crippen LogP contribution in [0.25, 0.3) is 0 Å². The molecule has 0 radical (unpaired) electrons. The zero-order valence-corrected chi connectivity index (χ0v) is 15.3. The minimum absolute atomic E-state index is 0.156. The lowest BCUT2D eigenvalue weighted by atomic mass is 9.99. The molecule has 1 unspecified atom stereocenters. The van der Waals surface area contributed by atoms with E-state index in [4.69, 9.17) is 0 Å². The summed E-state index contributed by atoms with van der Waals surface area (Å²) >= 11 is 0. The third-order valence-electron chi connectivity index (χ3n) is 3.93. The van der Waals surface area contributed by atoms with Crippen LogP contribution in [0.3, 0.4) is 0 Å². The molecule has 0 bridgehead atoms. The highest BCUT2D eigenvalue weighted by Crippen LogP contribution is 2.20. The van der Waals surface area contributed by atoms with Crippen LogP contribution in [0.2, 0.25) is 0 Å². The smallest absolute Gasteiger partial charge is 0.240 e. The summed E-state index contributed by atoms with van der Waals surface area (Å²) in [7, 11) is 0.146. The first-order valence-corrected chi connectivity index (χ1v) is 9.39. The number of aromatic nitrogens is 2. The second-order valence-electron chi connectivity index (χ2n) is 5.99. The quantitative estimate of drug-likeness (QED) is 0.832. The van der Waals surface area contributed by atoms with Crippen molar-refractivity contribution in [1.29, 1.82) is 0 Å². The molecule has 1 aromatic carbocycles. The fraction of sp³-hybridized carbons (Fsp3) is 0.412. The van der Waals surface area contributed by atoms with Gasteiger partial charge in [-0.2, -0.15) is 0 Å². The van der Waals surface area contributed by atoms with Crippen LogP contribution >= 0.6 is 0 Å². The lowest BCUT2D eigenvalue weighted by molar-refractivity contribution is 0.581. The summed E-state index contributed by atoms with van der Waals surface area (Å²) in [6, 6.07) is 7.04. The summed E-state index contributed by atoms with van der Waals surface area (Å²) < 4.78 is 27.3. The van der Waals surface area contributed by atoms with Crippen molar-refractivity contribution < 1.29 is 8.42 Å². The molecule has 0 aliphatic heterocycles. The van der Waals surface area contributed by atoms with Gasteiger partial charge in [0.25, 0.3) is 0 Å². The zero-order valence-electron chi connectivity index (χ0n) is 14.5. The van der Waals surface area contributed by atoms with E-state index in [0.717, 1.165) is 12.0 Å². The molecule has 2 aromatic rings. The van der Waals surface area contributed by atoms with E-state index in [-0.39, 0.29) is 11.4 Å². The van der Waals surface area contributed by atoms with E-state index in [1.165, 1.54) is 0 Å². The Balaban J connectivity index is 2.05. The molecule has 0 aliphatic carbocycles. The Morgan fingerprint density at radius 3 is 2.21 bits per heavy atom. The average molecular weight is 348 g/mol. The molecule has 7 heteroatoms. The number of hydrogen-bond donors (Lipinski definition) is 1. The number of sulfonamides is 1. The molecule has 6 nitrogen and oxygen atoms in total. The van der Waals surface area contributed by atoms with Crippen LogP contribution in [0.1, 0.15) is 37.3 Å². The number of nitrogens with zero attached hydrogens (tertiary/aromatic N) is 3. The predicted molar refractivity (Wildman–Crippen MR) is 95.5 cm³/mol. The van der Waals surface area contributed by atoms with Crippen molar-refractivity contribution in [3.63, 3.8) is 0 Å². The van der Waals surface area contributed by atoms with Crippen molar-refractivity contribution in [3.8, 4) is 0 Å². The summed E-state index contributed by atoms with van der Waals surface area (Å²) in [5.74, 6) is 1.00. The van der Waals surface area contributed by atoms with Gasteiger partial charge in [0.1, 0.15) is 0 Å². The summed E-state index contributed by atoms with van der Waals surface area (Å²) in [5, 5.41) is 0. The minimum Gasteiger partial charge on any atom is -0.347 e. The molecule has 0 aliphatic rings. The molecule has 0 saturated carbocycles. The third-order valence-corrected chi connectivity index (χ3v) is 5.35. The number of nitrogens with one attached hydrogen (secondary N) is 1. The molecule has 0 amide bonds. The Morgan fingerprint density at radius 1 is 1.12 bits per heavy atom. The average Bonchev–Trinajstić information content (AvgIpc) is 2.59. The predicted octanol–water partition coefficient (Wildman–Crippen LogP) is 2.53. The molecule has 1 N–H and O–H groups in total. The highest BCUT2D eigenvalue weighted by atomic mass is 32.2. The van der Waals surface area contributed by atoms with Crippen LogP contribution in [0.5, 0.6) is 0 Å². The van der Waals surface area contributed by atoms with Crippen LogP contribution < -0.4 is 9.62 Å². The Morgan fingerprint density at radius 2 is 1.71 bits per heavy atom. The first-order valence-electron chi connectivity index (χ1n) is 7.91. The molecule has 24 heavy (non-hydrogen) atoms. The zero-order chi connectivity index (χ0) is 17.7. The molecule has 0 saturated heterocycles. The van der Waals surface area contributed by atoms with Gasteiger partial charge >= 0.3 is 0 Å². The van der Waals surface area contributed by atoms with Gasteiger partial charge in [0.05, 0.1) is 4.90 Å². The largest absolute Gasteiger partial charge is 0.347 e. The highest BCUT2D eigenvalue weighted by Gasteiger charge is 2.14. The van der Waals surface area contributed by atoms with Crippen molar-refractivity contribution in [3.05, 3.63) is 47.8 Å². The van der Waals surface area contributed by atoms with Gasteiger partial charge in [0.2, 0.25) is 16.0 Å². The third kappa shape index (κ3) is 4.52. The Labute approximate surface area is 144 Å². The van der Waals surface area contributed by atoms with Crippen molar-refractivity contribution in [2.45, 2.75) is 37.6 Å². The molecule has 130 valence electrons. The number of rotatable bonds is 7. The molecule has 0 spiro atoms. The molecular formula is C17H24N4O2S. The van der Waals surface area contributed by atoms with Crippen molar-refractivity contribution >= 4 is 16.0 Å². The van der Waals surface area contributed by atoms with E-state index < -0.39 is 10.0 Å². The number of hydrogen-bond acceptors (Lipinski definition) is 5. The molecular weight excluding hydrogens is 324 g/mol. The maximum Gasteiger partial charge on any atom is 0.240 e. The van der Waals surface area contributed by atoms with Gasteiger partial charge in [-0.3, -0.25) is 0 Å². The lowest BCUT2D eigenvalue weighted by Gasteiger charge is -2.12. The van der Waals surface area contributed by atoms with Gasteiger partial charge in [0.15, 0.2) is 0 Å². The fourth-order valence-corrected chi connectivity index (χ4v) is 3.16. The maximum absolute atomic E-state index is 12.4. The van der Waals surface area contributed by atoms with Crippen LogP contribution in [0.4, 0.5) is 5.95 Å². The first kappa shape index (κ1) is 18.4. The topological polar surface area (TPSA) is 75.2 Å². The molecule has 1 aromatic heterocycles. The second-order valence-corrected chi connectivity index (χ2v) is 7.76. The number of benzene rings is 1. The van der Waals surface area contributed by atoms with E-state index in [2.05, 4.69) is 28.5 Å². The van der Waals surface area contributed by atoms with E-state index in [1.807, 2.05) is 26.2 Å². The monoisotopic (exact) mass is 348 g/mol.